The predicted molar refractivity (Wildman–Crippen MR) is 124 cm³/mol. The molecule has 0 bridgehead atoms. The van der Waals surface area contributed by atoms with Gasteiger partial charge in [-0.15, -0.1) is 0 Å². The van der Waals surface area contributed by atoms with Crippen molar-refractivity contribution in [3.63, 3.8) is 0 Å². The Kier molecular flexibility index (Phi) is 7.12. The molecule has 2 N–H and O–H groups in total. The van der Waals surface area contributed by atoms with E-state index in [1.807, 2.05) is 19.1 Å². The first-order valence-corrected chi connectivity index (χ1v) is 11.3. The van der Waals surface area contributed by atoms with Gasteiger partial charge in [-0.25, -0.2) is 0 Å². The van der Waals surface area contributed by atoms with E-state index in [0.29, 0.717) is 23.5 Å². The van der Waals surface area contributed by atoms with Gasteiger partial charge in [-0.05, 0) is 86.5 Å². The van der Waals surface area contributed by atoms with E-state index in [0.717, 1.165) is 68.5 Å². The summed E-state index contributed by atoms with van der Waals surface area (Å²) in [5, 5.41) is 19.0. The maximum Gasteiger partial charge on any atom is 0.234 e. The van der Waals surface area contributed by atoms with Gasteiger partial charge in [0.05, 0.1) is 12.0 Å². The van der Waals surface area contributed by atoms with Crippen LogP contribution in [0.25, 0.3) is 11.0 Å². The van der Waals surface area contributed by atoms with E-state index < -0.39 is 0 Å². The molecule has 2 aromatic carbocycles. The standard InChI is InChI=1S/C26H31NO5/c1-18-2-3-21(16-25(18)31-13-12-28)14-20-7-10-27(11-8-20)9-6-19-4-5-24-22(15-19)26(30)23(29)17-32-24/h2-5,15-17,20,28-29H,6-14H2,1H3. The Bertz CT molecular complexity index is 1110. The Morgan fingerprint density at radius 1 is 1.12 bits per heavy atom. The minimum absolute atomic E-state index is 0.0250. The average molecular weight is 438 g/mol. The molecule has 0 aliphatic carbocycles. The zero-order valence-electron chi connectivity index (χ0n) is 18.5. The highest BCUT2D eigenvalue weighted by atomic mass is 16.5. The van der Waals surface area contributed by atoms with Crippen molar-refractivity contribution < 1.29 is 19.4 Å². The predicted octanol–water partition coefficient (Wildman–Crippen LogP) is 3.68. The van der Waals surface area contributed by atoms with Crippen LogP contribution in [0.1, 0.15) is 29.5 Å². The summed E-state index contributed by atoms with van der Waals surface area (Å²) in [5.74, 6) is 1.18. The van der Waals surface area contributed by atoms with Gasteiger partial charge in [0, 0.05) is 6.54 Å². The molecule has 1 aliphatic heterocycles. The smallest absolute Gasteiger partial charge is 0.234 e. The summed E-state index contributed by atoms with van der Waals surface area (Å²) >= 11 is 0. The molecule has 2 heterocycles. The van der Waals surface area contributed by atoms with Gasteiger partial charge in [-0.3, -0.25) is 4.79 Å². The molecule has 6 nitrogen and oxygen atoms in total. The van der Waals surface area contributed by atoms with Gasteiger partial charge in [-0.2, -0.15) is 0 Å². The highest BCUT2D eigenvalue weighted by Crippen LogP contribution is 2.26. The van der Waals surface area contributed by atoms with Crippen molar-refractivity contribution in [1.82, 2.24) is 4.90 Å². The van der Waals surface area contributed by atoms with E-state index in [1.165, 1.54) is 5.56 Å². The van der Waals surface area contributed by atoms with E-state index in [1.54, 1.807) is 6.07 Å². The second kappa shape index (κ2) is 10.2. The molecule has 1 aromatic heterocycles. The highest BCUT2D eigenvalue weighted by Gasteiger charge is 2.20. The summed E-state index contributed by atoms with van der Waals surface area (Å²) < 4.78 is 10.9. The third-order valence-electron chi connectivity index (χ3n) is 6.37. The summed E-state index contributed by atoms with van der Waals surface area (Å²) in [7, 11) is 0. The van der Waals surface area contributed by atoms with E-state index in [2.05, 4.69) is 23.1 Å². The van der Waals surface area contributed by atoms with Gasteiger partial charge in [0.1, 0.15) is 24.2 Å². The first-order chi connectivity index (χ1) is 15.5. The number of likely N-dealkylation sites (tertiary alicyclic amines) is 1. The molecule has 0 radical (unpaired) electrons. The topological polar surface area (TPSA) is 83.1 Å². The Morgan fingerprint density at radius 3 is 2.69 bits per heavy atom. The van der Waals surface area contributed by atoms with Gasteiger partial charge in [-0.1, -0.05) is 18.2 Å². The van der Waals surface area contributed by atoms with Crippen LogP contribution < -0.4 is 10.2 Å². The number of piperidine rings is 1. The number of aryl methyl sites for hydroxylation is 1. The van der Waals surface area contributed by atoms with Crippen molar-refractivity contribution >= 4 is 11.0 Å². The highest BCUT2D eigenvalue weighted by molar-refractivity contribution is 5.78. The summed E-state index contributed by atoms with van der Waals surface area (Å²) in [6, 6.07) is 12.0. The maximum absolute atomic E-state index is 12.1. The normalized spacial score (nSPS) is 15.3. The zero-order chi connectivity index (χ0) is 22.5. The number of hydrogen-bond acceptors (Lipinski definition) is 6. The Morgan fingerprint density at radius 2 is 1.91 bits per heavy atom. The Balaban J connectivity index is 1.29. The monoisotopic (exact) mass is 437 g/mol. The molecule has 32 heavy (non-hydrogen) atoms. The van der Waals surface area contributed by atoms with Crippen molar-refractivity contribution in [2.75, 3.05) is 32.8 Å². The molecule has 6 heteroatoms. The Labute approximate surface area is 188 Å². The van der Waals surface area contributed by atoms with Crippen molar-refractivity contribution in [2.24, 2.45) is 5.92 Å². The van der Waals surface area contributed by atoms with Gasteiger partial charge >= 0.3 is 0 Å². The van der Waals surface area contributed by atoms with Crippen LogP contribution in [0.5, 0.6) is 11.5 Å². The Hall–Kier alpha value is -2.83. The van der Waals surface area contributed by atoms with E-state index >= 15 is 0 Å². The molecule has 170 valence electrons. The fourth-order valence-corrected chi connectivity index (χ4v) is 4.44. The van der Waals surface area contributed by atoms with Crippen LogP contribution in [-0.2, 0) is 12.8 Å². The number of aromatic hydroxyl groups is 1. The third kappa shape index (κ3) is 5.31. The summed E-state index contributed by atoms with van der Waals surface area (Å²) in [4.78, 5) is 14.6. The van der Waals surface area contributed by atoms with Gasteiger partial charge in [0.15, 0.2) is 5.75 Å². The van der Waals surface area contributed by atoms with Crippen LogP contribution in [0, 0.1) is 12.8 Å². The van der Waals surface area contributed by atoms with Crippen LogP contribution in [-0.4, -0.2) is 48.0 Å². The SMILES string of the molecule is Cc1ccc(CC2CCN(CCc3ccc4occ(O)c(=O)c4c3)CC2)cc1OCCO. The molecular weight excluding hydrogens is 406 g/mol. The van der Waals surface area contributed by atoms with Gasteiger partial charge in [0.2, 0.25) is 5.43 Å². The minimum atomic E-state index is -0.380. The van der Waals surface area contributed by atoms with Gasteiger partial charge < -0.3 is 24.3 Å². The molecule has 0 saturated carbocycles. The lowest BCUT2D eigenvalue weighted by Crippen LogP contribution is -2.35. The molecule has 1 saturated heterocycles. The number of ether oxygens (including phenoxy) is 1. The number of aliphatic hydroxyl groups is 1. The number of fused-ring (bicyclic) bond motifs is 1. The fourth-order valence-electron chi connectivity index (χ4n) is 4.44. The largest absolute Gasteiger partial charge is 0.502 e. The number of rotatable bonds is 8. The van der Waals surface area contributed by atoms with Crippen LogP contribution in [0.3, 0.4) is 0 Å². The second-order valence-electron chi connectivity index (χ2n) is 8.69. The lowest BCUT2D eigenvalue weighted by atomic mass is 9.89. The fraction of sp³-hybridized carbons (Fsp3) is 0.423. The number of benzene rings is 2. The first-order valence-electron chi connectivity index (χ1n) is 11.3. The summed E-state index contributed by atoms with van der Waals surface area (Å²) in [5.41, 5.74) is 3.58. The molecule has 0 spiro atoms. The van der Waals surface area contributed by atoms with Crippen molar-refractivity contribution in [2.45, 2.75) is 32.6 Å². The second-order valence-corrected chi connectivity index (χ2v) is 8.69. The van der Waals surface area contributed by atoms with Crippen molar-refractivity contribution in [3.8, 4) is 11.5 Å². The molecule has 1 aliphatic rings. The molecule has 0 amide bonds. The van der Waals surface area contributed by atoms with Crippen LogP contribution in [0.15, 0.2) is 51.9 Å². The number of aliphatic hydroxyl groups excluding tert-OH is 1. The minimum Gasteiger partial charge on any atom is -0.502 e. The third-order valence-corrected chi connectivity index (χ3v) is 6.37. The average Bonchev–Trinajstić information content (AvgIpc) is 2.81. The lowest BCUT2D eigenvalue weighted by molar-refractivity contribution is 0.185. The van der Waals surface area contributed by atoms with E-state index in [-0.39, 0.29) is 17.8 Å². The van der Waals surface area contributed by atoms with Crippen molar-refractivity contribution in [3.05, 3.63) is 69.6 Å². The quantitative estimate of drug-likeness (QED) is 0.559. The van der Waals surface area contributed by atoms with Crippen LogP contribution >= 0.6 is 0 Å². The van der Waals surface area contributed by atoms with Gasteiger partial charge in [0.25, 0.3) is 0 Å². The van der Waals surface area contributed by atoms with E-state index in [9.17, 15) is 9.90 Å². The number of hydrogen-bond donors (Lipinski definition) is 2. The maximum atomic E-state index is 12.1. The molecule has 3 aromatic rings. The lowest BCUT2D eigenvalue weighted by Gasteiger charge is -2.32. The van der Waals surface area contributed by atoms with Crippen molar-refractivity contribution in [1.29, 1.82) is 0 Å². The molecule has 0 atom stereocenters. The van der Waals surface area contributed by atoms with Crippen LogP contribution in [0.4, 0.5) is 0 Å². The summed E-state index contributed by atoms with van der Waals surface area (Å²) in [6.45, 7) is 5.47. The van der Waals surface area contributed by atoms with E-state index in [4.69, 9.17) is 14.3 Å². The summed E-state index contributed by atoms with van der Waals surface area (Å²) in [6.07, 6.45) is 5.33. The number of nitrogens with zero attached hydrogens (tertiary/aromatic N) is 1. The molecule has 0 unspecified atom stereocenters. The van der Waals surface area contributed by atoms with Crippen LogP contribution in [0.2, 0.25) is 0 Å². The first kappa shape index (κ1) is 22.4. The molecular formula is C26H31NO5. The molecule has 4 rings (SSSR count). The zero-order valence-corrected chi connectivity index (χ0v) is 18.5. The molecule has 1 fully saturated rings.